The van der Waals surface area contributed by atoms with Gasteiger partial charge in [-0.05, 0) is 31.9 Å². The first-order chi connectivity index (χ1) is 9.70. The van der Waals surface area contributed by atoms with Gasteiger partial charge in [-0.2, -0.15) is 0 Å². The highest BCUT2D eigenvalue weighted by Crippen LogP contribution is 2.40. The van der Waals surface area contributed by atoms with E-state index in [2.05, 4.69) is 23.3 Å². The van der Waals surface area contributed by atoms with Crippen molar-refractivity contribution in [3.63, 3.8) is 0 Å². The monoisotopic (exact) mass is 265 g/mol. The lowest BCUT2D eigenvalue weighted by Gasteiger charge is -2.10. The molecule has 1 aliphatic heterocycles. The number of anilines is 1. The number of hydrogen-bond donors (Lipinski definition) is 1. The highest BCUT2D eigenvalue weighted by molar-refractivity contribution is 5.99. The Morgan fingerprint density at radius 2 is 2.15 bits per heavy atom. The maximum Gasteiger partial charge on any atom is 0.228 e. The Bertz CT molecular complexity index is 720. The molecule has 0 unspecified atom stereocenters. The normalized spacial score (nSPS) is 16.9. The summed E-state index contributed by atoms with van der Waals surface area (Å²) < 4.78 is 0. The van der Waals surface area contributed by atoms with E-state index >= 15 is 0 Å². The van der Waals surface area contributed by atoms with Crippen LogP contribution in [0.5, 0.6) is 0 Å². The van der Waals surface area contributed by atoms with Crippen molar-refractivity contribution in [3.8, 4) is 11.3 Å². The molecule has 0 bridgehead atoms. The number of amides is 1. The minimum absolute atomic E-state index is 0.00312. The van der Waals surface area contributed by atoms with Crippen LogP contribution < -0.4 is 5.32 Å². The number of nitrogens with zero attached hydrogens (tertiary/aromatic N) is 2. The summed E-state index contributed by atoms with van der Waals surface area (Å²) in [6, 6.07) is 6.05. The average molecular weight is 265 g/mol. The fraction of sp³-hybridized carbons (Fsp3) is 0.312. The molecule has 0 spiro atoms. The molecule has 0 saturated heterocycles. The fourth-order valence-corrected chi connectivity index (χ4v) is 2.65. The van der Waals surface area contributed by atoms with E-state index in [0.717, 1.165) is 33.9 Å². The first kappa shape index (κ1) is 11.6. The second-order valence-electron chi connectivity index (χ2n) is 5.65. The van der Waals surface area contributed by atoms with Crippen molar-refractivity contribution < 1.29 is 4.79 Å². The van der Waals surface area contributed by atoms with Gasteiger partial charge in [-0.1, -0.05) is 11.6 Å². The Balaban J connectivity index is 1.95. The molecule has 1 N–H and O–H groups in total. The number of benzene rings is 1. The quantitative estimate of drug-likeness (QED) is 0.862. The van der Waals surface area contributed by atoms with E-state index in [9.17, 15) is 4.79 Å². The van der Waals surface area contributed by atoms with Gasteiger partial charge >= 0.3 is 0 Å². The molecule has 1 fully saturated rings. The number of carbonyl (C=O) groups excluding carboxylic acids is 1. The van der Waals surface area contributed by atoms with Crippen LogP contribution in [0.4, 0.5) is 5.69 Å². The highest BCUT2D eigenvalue weighted by Gasteiger charge is 2.28. The molecule has 0 radical (unpaired) electrons. The van der Waals surface area contributed by atoms with E-state index in [1.807, 2.05) is 18.3 Å². The van der Waals surface area contributed by atoms with E-state index in [1.54, 1.807) is 0 Å². The average Bonchev–Trinajstić information content (AvgIpc) is 3.25. The first-order valence-electron chi connectivity index (χ1n) is 6.97. The largest absolute Gasteiger partial charge is 0.325 e. The molecular weight excluding hydrogens is 250 g/mol. The van der Waals surface area contributed by atoms with E-state index in [-0.39, 0.29) is 5.91 Å². The van der Waals surface area contributed by atoms with Gasteiger partial charge in [0.1, 0.15) is 5.82 Å². The number of nitrogens with one attached hydrogen (secondary N) is 1. The van der Waals surface area contributed by atoms with Crippen molar-refractivity contribution in [1.82, 2.24) is 9.97 Å². The number of aromatic nitrogens is 2. The summed E-state index contributed by atoms with van der Waals surface area (Å²) in [7, 11) is 0. The molecule has 100 valence electrons. The number of hydrogen-bond acceptors (Lipinski definition) is 3. The molecule has 1 aromatic carbocycles. The van der Waals surface area contributed by atoms with E-state index in [1.165, 1.54) is 12.8 Å². The van der Waals surface area contributed by atoms with E-state index < -0.39 is 0 Å². The summed E-state index contributed by atoms with van der Waals surface area (Å²) in [4.78, 5) is 21.1. The van der Waals surface area contributed by atoms with Crippen molar-refractivity contribution in [2.75, 3.05) is 5.32 Å². The zero-order valence-corrected chi connectivity index (χ0v) is 11.3. The first-order valence-corrected chi connectivity index (χ1v) is 6.97. The molecule has 4 nitrogen and oxygen atoms in total. The Labute approximate surface area is 117 Å². The minimum Gasteiger partial charge on any atom is -0.325 e. The summed E-state index contributed by atoms with van der Waals surface area (Å²) in [5, 5.41) is 2.95. The highest BCUT2D eigenvalue weighted by atomic mass is 16.1. The number of aryl methyl sites for hydroxylation is 1. The van der Waals surface area contributed by atoms with Crippen LogP contribution in [-0.4, -0.2) is 15.9 Å². The van der Waals surface area contributed by atoms with Crippen LogP contribution in [0.3, 0.4) is 0 Å². The van der Waals surface area contributed by atoms with Crippen molar-refractivity contribution >= 4 is 11.6 Å². The standard InChI is InChI=1S/C16H15N3O/c1-9-2-5-13-12(6-9)15-11(7-14(20)18-13)8-17-16(19-15)10-3-4-10/h2,5-6,8,10H,3-4,7H2,1H3,(H,18,20). The predicted molar refractivity (Wildman–Crippen MR) is 76.5 cm³/mol. The third-order valence-electron chi connectivity index (χ3n) is 3.88. The summed E-state index contributed by atoms with van der Waals surface area (Å²) in [6.45, 7) is 2.05. The minimum atomic E-state index is -0.00312. The summed E-state index contributed by atoms with van der Waals surface area (Å²) in [5.41, 5.74) is 4.85. The smallest absolute Gasteiger partial charge is 0.228 e. The van der Waals surface area contributed by atoms with Gasteiger partial charge in [-0.15, -0.1) is 0 Å². The zero-order valence-electron chi connectivity index (χ0n) is 11.3. The molecule has 20 heavy (non-hydrogen) atoms. The molecule has 1 aliphatic carbocycles. The van der Waals surface area contributed by atoms with Crippen molar-refractivity contribution in [1.29, 1.82) is 0 Å². The van der Waals surface area contributed by atoms with Gasteiger partial charge in [0, 0.05) is 23.2 Å². The van der Waals surface area contributed by atoms with Crippen LogP contribution in [0, 0.1) is 6.92 Å². The topological polar surface area (TPSA) is 54.9 Å². The Kier molecular flexibility index (Phi) is 2.39. The molecule has 1 aromatic heterocycles. The lowest BCUT2D eigenvalue weighted by molar-refractivity contribution is -0.115. The van der Waals surface area contributed by atoms with Gasteiger partial charge in [0.15, 0.2) is 0 Å². The maximum atomic E-state index is 12.0. The van der Waals surface area contributed by atoms with Crippen molar-refractivity contribution in [2.45, 2.75) is 32.1 Å². The van der Waals surface area contributed by atoms with Crippen LogP contribution in [0.15, 0.2) is 24.4 Å². The Morgan fingerprint density at radius 3 is 2.95 bits per heavy atom. The van der Waals surface area contributed by atoms with Crippen LogP contribution >= 0.6 is 0 Å². The van der Waals surface area contributed by atoms with Gasteiger partial charge in [-0.25, -0.2) is 9.97 Å². The molecule has 2 aliphatic rings. The molecule has 4 rings (SSSR count). The lowest BCUT2D eigenvalue weighted by Crippen LogP contribution is -2.12. The van der Waals surface area contributed by atoms with Gasteiger partial charge in [0.05, 0.1) is 17.8 Å². The molecule has 2 heterocycles. The summed E-state index contributed by atoms with van der Waals surface area (Å²) >= 11 is 0. The number of rotatable bonds is 1. The third-order valence-corrected chi connectivity index (χ3v) is 3.88. The van der Waals surface area contributed by atoms with E-state index in [0.29, 0.717) is 12.3 Å². The number of fused-ring (bicyclic) bond motifs is 3. The second-order valence-corrected chi connectivity index (χ2v) is 5.65. The van der Waals surface area contributed by atoms with Crippen LogP contribution in [0.25, 0.3) is 11.3 Å². The predicted octanol–water partition coefficient (Wildman–Crippen LogP) is 2.82. The molecule has 0 atom stereocenters. The van der Waals surface area contributed by atoms with Gasteiger partial charge in [0.25, 0.3) is 0 Å². The fourth-order valence-electron chi connectivity index (χ4n) is 2.65. The van der Waals surface area contributed by atoms with Gasteiger partial charge < -0.3 is 5.32 Å². The van der Waals surface area contributed by atoms with Gasteiger partial charge in [-0.3, -0.25) is 4.79 Å². The van der Waals surface area contributed by atoms with Gasteiger partial charge in [0.2, 0.25) is 5.91 Å². The van der Waals surface area contributed by atoms with Crippen LogP contribution in [-0.2, 0) is 11.2 Å². The van der Waals surface area contributed by atoms with Crippen molar-refractivity contribution in [2.24, 2.45) is 0 Å². The Morgan fingerprint density at radius 1 is 1.30 bits per heavy atom. The number of carbonyl (C=O) groups is 1. The SMILES string of the molecule is Cc1ccc2c(c1)-c1nc(C3CC3)ncc1CC(=O)N2. The van der Waals surface area contributed by atoms with E-state index in [4.69, 9.17) is 4.98 Å². The lowest BCUT2D eigenvalue weighted by atomic mass is 10.0. The Hall–Kier alpha value is -2.23. The molecule has 4 heteroatoms. The van der Waals surface area contributed by atoms with Crippen LogP contribution in [0.2, 0.25) is 0 Å². The molecule has 2 aromatic rings. The molecule has 1 saturated carbocycles. The molecular formula is C16H15N3O. The van der Waals surface area contributed by atoms with Crippen molar-refractivity contribution in [3.05, 3.63) is 41.3 Å². The maximum absolute atomic E-state index is 12.0. The summed E-state index contributed by atoms with van der Waals surface area (Å²) in [5.74, 6) is 1.43. The zero-order chi connectivity index (χ0) is 13.7. The summed E-state index contributed by atoms with van der Waals surface area (Å²) in [6.07, 6.45) is 4.52. The molecule has 1 amide bonds. The third kappa shape index (κ3) is 1.88. The van der Waals surface area contributed by atoms with Crippen LogP contribution in [0.1, 0.15) is 35.7 Å². The second kappa shape index (κ2) is 4.13.